The first-order valence-electron chi connectivity index (χ1n) is 5.84. The first-order valence-corrected chi connectivity index (χ1v) is 5.84. The molecule has 1 rings (SSSR count). The van der Waals surface area contributed by atoms with Crippen molar-refractivity contribution in [2.45, 2.75) is 20.3 Å². The predicted molar refractivity (Wildman–Crippen MR) is 66.4 cm³/mol. The lowest BCUT2D eigenvalue weighted by Crippen LogP contribution is -2.21. The number of rotatable bonds is 7. The lowest BCUT2D eigenvalue weighted by molar-refractivity contribution is -0.386. The zero-order chi connectivity index (χ0) is 13.5. The number of nitrogens with zero attached hydrogens (tertiary/aromatic N) is 1. The Morgan fingerprint density at radius 2 is 2.17 bits per heavy atom. The van der Waals surface area contributed by atoms with E-state index in [0.29, 0.717) is 18.7 Å². The Bertz CT molecular complexity index is 424. The summed E-state index contributed by atoms with van der Waals surface area (Å²) in [5, 5.41) is 13.9. The van der Waals surface area contributed by atoms with Gasteiger partial charge >= 0.3 is 5.69 Å². The van der Waals surface area contributed by atoms with Crippen LogP contribution >= 0.6 is 0 Å². The first-order chi connectivity index (χ1) is 8.56. The van der Waals surface area contributed by atoms with Gasteiger partial charge in [0.2, 0.25) is 0 Å². The van der Waals surface area contributed by atoms with Gasteiger partial charge in [-0.2, -0.15) is 0 Å². The molecular formula is C12H17FN2O3. The van der Waals surface area contributed by atoms with Crippen molar-refractivity contribution >= 4 is 5.69 Å². The van der Waals surface area contributed by atoms with Gasteiger partial charge in [-0.3, -0.25) is 10.1 Å². The normalized spacial score (nSPS) is 10.4. The molecule has 0 atom stereocenters. The molecule has 6 heteroatoms. The number of ether oxygens (including phenoxy) is 1. The fraction of sp³-hybridized carbons (Fsp3) is 0.500. The van der Waals surface area contributed by atoms with Gasteiger partial charge in [0, 0.05) is 6.54 Å². The van der Waals surface area contributed by atoms with Crippen molar-refractivity contribution < 1.29 is 14.1 Å². The summed E-state index contributed by atoms with van der Waals surface area (Å²) in [6.45, 7) is 5.37. The van der Waals surface area contributed by atoms with E-state index in [4.69, 9.17) is 4.74 Å². The number of nitro groups is 1. The smallest absolute Gasteiger partial charge is 0.313 e. The van der Waals surface area contributed by atoms with Crippen LogP contribution < -0.4 is 10.1 Å². The van der Waals surface area contributed by atoms with Crippen LogP contribution in [0.15, 0.2) is 12.1 Å². The van der Waals surface area contributed by atoms with Crippen molar-refractivity contribution in [1.82, 2.24) is 5.32 Å². The van der Waals surface area contributed by atoms with Gasteiger partial charge < -0.3 is 10.1 Å². The second-order valence-electron chi connectivity index (χ2n) is 3.92. The molecule has 0 saturated heterocycles. The number of hydrogen-bond acceptors (Lipinski definition) is 4. The Hall–Kier alpha value is -1.69. The summed E-state index contributed by atoms with van der Waals surface area (Å²) >= 11 is 0. The van der Waals surface area contributed by atoms with E-state index in [9.17, 15) is 14.5 Å². The van der Waals surface area contributed by atoms with Crippen LogP contribution in [0.25, 0.3) is 0 Å². The number of hydrogen-bond donors (Lipinski definition) is 1. The second-order valence-corrected chi connectivity index (χ2v) is 3.92. The van der Waals surface area contributed by atoms with Crippen LogP contribution in [0.4, 0.5) is 10.1 Å². The summed E-state index contributed by atoms with van der Waals surface area (Å²) in [5.41, 5.74) is -0.00860. The summed E-state index contributed by atoms with van der Waals surface area (Å²) in [7, 11) is 0. The summed E-state index contributed by atoms with van der Waals surface area (Å²) < 4.78 is 18.5. The quantitative estimate of drug-likeness (QED) is 0.462. The molecule has 0 heterocycles. The number of nitrogens with one attached hydrogen (secondary N) is 1. The molecule has 0 aliphatic rings. The topological polar surface area (TPSA) is 64.4 Å². The highest BCUT2D eigenvalue weighted by Crippen LogP contribution is 2.29. The second kappa shape index (κ2) is 6.90. The minimum Gasteiger partial charge on any atom is -0.485 e. The zero-order valence-corrected chi connectivity index (χ0v) is 10.5. The molecule has 0 aromatic heterocycles. The Morgan fingerprint density at radius 1 is 1.44 bits per heavy atom. The number of aryl methyl sites for hydroxylation is 1. The fourth-order valence-electron chi connectivity index (χ4n) is 1.44. The van der Waals surface area contributed by atoms with Crippen molar-refractivity contribution in [3.05, 3.63) is 33.6 Å². The van der Waals surface area contributed by atoms with Crippen LogP contribution in [-0.4, -0.2) is 24.6 Å². The van der Waals surface area contributed by atoms with Crippen LogP contribution in [0.5, 0.6) is 5.75 Å². The van der Waals surface area contributed by atoms with Crippen molar-refractivity contribution in [3.63, 3.8) is 0 Å². The molecule has 5 nitrogen and oxygen atoms in total. The summed E-state index contributed by atoms with van der Waals surface area (Å²) in [4.78, 5) is 10.1. The van der Waals surface area contributed by atoms with E-state index in [1.807, 2.05) is 6.92 Å². The highest BCUT2D eigenvalue weighted by atomic mass is 19.1. The molecule has 1 N–H and O–H groups in total. The molecule has 18 heavy (non-hydrogen) atoms. The molecule has 1 aromatic carbocycles. The van der Waals surface area contributed by atoms with Crippen LogP contribution in [0.3, 0.4) is 0 Å². The number of nitro benzene ring substituents is 1. The van der Waals surface area contributed by atoms with Gasteiger partial charge in [0.25, 0.3) is 0 Å². The molecule has 0 fully saturated rings. The van der Waals surface area contributed by atoms with Crippen LogP contribution in [-0.2, 0) is 0 Å². The monoisotopic (exact) mass is 256 g/mol. The largest absolute Gasteiger partial charge is 0.485 e. The van der Waals surface area contributed by atoms with E-state index < -0.39 is 10.7 Å². The van der Waals surface area contributed by atoms with E-state index >= 15 is 0 Å². The van der Waals surface area contributed by atoms with Crippen LogP contribution in [0.2, 0.25) is 0 Å². The van der Waals surface area contributed by atoms with Gasteiger partial charge in [0.15, 0.2) is 5.75 Å². The maximum atomic E-state index is 13.2. The van der Waals surface area contributed by atoms with Gasteiger partial charge in [0.1, 0.15) is 12.4 Å². The molecule has 0 bridgehead atoms. The van der Waals surface area contributed by atoms with Crippen LogP contribution in [0.1, 0.15) is 18.9 Å². The van der Waals surface area contributed by atoms with Crippen molar-refractivity contribution in [2.75, 3.05) is 19.7 Å². The first kappa shape index (κ1) is 14.4. The van der Waals surface area contributed by atoms with Gasteiger partial charge in [-0.05, 0) is 31.5 Å². The molecule has 0 aliphatic heterocycles. The fourth-order valence-corrected chi connectivity index (χ4v) is 1.44. The van der Waals surface area contributed by atoms with Gasteiger partial charge in [-0.25, -0.2) is 4.39 Å². The molecular weight excluding hydrogens is 239 g/mol. The molecule has 1 aromatic rings. The van der Waals surface area contributed by atoms with E-state index in [-0.39, 0.29) is 11.4 Å². The Kier molecular flexibility index (Phi) is 5.51. The molecule has 100 valence electrons. The standard InChI is InChI=1S/C12H17FN2O3/c1-3-4-14-5-6-18-12-7-9(2)10(13)8-11(12)15(16)17/h7-8,14H,3-6H2,1-2H3. The van der Waals surface area contributed by atoms with Gasteiger partial charge in [-0.15, -0.1) is 0 Å². The molecule has 0 amide bonds. The Labute approximate surface area is 105 Å². The molecule has 0 saturated carbocycles. The number of benzene rings is 1. The zero-order valence-electron chi connectivity index (χ0n) is 10.5. The third kappa shape index (κ3) is 3.96. The SMILES string of the molecule is CCCNCCOc1cc(C)c(F)cc1[N+](=O)[O-]. The van der Waals surface area contributed by atoms with Crippen LogP contribution in [0, 0.1) is 22.9 Å². The lowest BCUT2D eigenvalue weighted by atomic mass is 10.2. The molecule has 0 radical (unpaired) electrons. The third-order valence-corrected chi connectivity index (χ3v) is 2.40. The third-order valence-electron chi connectivity index (χ3n) is 2.40. The summed E-state index contributed by atoms with van der Waals surface area (Å²) in [5.74, 6) is -0.490. The van der Waals surface area contributed by atoms with Crippen molar-refractivity contribution in [3.8, 4) is 5.75 Å². The van der Waals surface area contributed by atoms with E-state index in [1.54, 1.807) is 6.92 Å². The molecule has 0 spiro atoms. The van der Waals surface area contributed by atoms with E-state index in [1.165, 1.54) is 6.07 Å². The Morgan fingerprint density at radius 3 is 2.78 bits per heavy atom. The maximum absolute atomic E-state index is 13.2. The van der Waals surface area contributed by atoms with Crippen molar-refractivity contribution in [1.29, 1.82) is 0 Å². The summed E-state index contributed by atoms with van der Waals surface area (Å²) in [6.07, 6.45) is 1.01. The van der Waals surface area contributed by atoms with Gasteiger partial charge in [0.05, 0.1) is 11.0 Å². The molecule has 0 unspecified atom stereocenters. The predicted octanol–water partition coefficient (Wildman–Crippen LogP) is 2.42. The average Bonchev–Trinajstić information content (AvgIpc) is 2.32. The van der Waals surface area contributed by atoms with E-state index in [0.717, 1.165) is 19.0 Å². The average molecular weight is 256 g/mol. The summed E-state index contributed by atoms with van der Waals surface area (Å²) in [6, 6.07) is 2.25. The minimum atomic E-state index is -0.642. The minimum absolute atomic E-state index is 0.109. The highest BCUT2D eigenvalue weighted by Gasteiger charge is 2.18. The molecule has 0 aliphatic carbocycles. The Balaban J connectivity index is 2.68. The van der Waals surface area contributed by atoms with Gasteiger partial charge in [-0.1, -0.05) is 6.92 Å². The number of halogens is 1. The van der Waals surface area contributed by atoms with Crippen molar-refractivity contribution in [2.24, 2.45) is 0 Å². The lowest BCUT2D eigenvalue weighted by Gasteiger charge is -2.08. The maximum Gasteiger partial charge on any atom is 0.313 e. The van der Waals surface area contributed by atoms with E-state index in [2.05, 4.69) is 5.32 Å². The highest BCUT2D eigenvalue weighted by molar-refractivity contribution is 5.48.